The van der Waals surface area contributed by atoms with Crippen molar-refractivity contribution >= 4 is 11.6 Å². The molecule has 0 heterocycles. The highest BCUT2D eigenvalue weighted by Crippen LogP contribution is 2.29. The lowest BCUT2D eigenvalue weighted by molar-refractivity contribution is 0.0784. The number of hydrogen-bond donors (Lipinski definition) is 1. The molecule has 16 heavy (non-hydrogen) atoms. The normalized spacial score (nSPS) is 14.9. The first-order chi connectivity index (χ1) is 7.58. The Bertz CT molecular complexity index is 415. The van der Waals surface area contributed by atoms with Crippen molar-refractivity contribution in [1.82, 2.24) is 4.90 Å². The number of nitrogens with zero attached hydrogens (tertiary/aromatic N) is 1. The summed E-state index contributed by atoms with van der Waals surface area (Å²) in [5, 5.41) is 0. The first kappa shape index (κ1) is 10.9. The number of nitrogen functional groups attached to an aromatic ring is 1. The second kappa shape index (κ2) is 4.12. The average molecular weight is 222 g/mol. The number of halogens is 1. The predicted octanol–water partition coefficient (Wildman–Crippen LogP) is 1.89. The molecule has 1 aliphatic carbocycles. The molecule has 1 saturated carbocycles. The van der Waals surface area contributed by atoms with Crippen molar-refractivity contribution in [3.8, 4) is 0 Å². The number of carbonyl (C=O) groups is 1. The number of hydrogen-bond acceptors (Lipinski definition) is 2. The van der Waals surface area contributed by atoms with Crippen LogP contribution in [0.25, 0.3) is 0 Å². The predicted molar refractivity (Wildman–Crippen MR) is 60.5 cm³/mol. The van der Waals surface area contributed by atoms with Crippen molar-refractivity contribution in [3.05, 3.63) is 29.6 Å². The van der Waals surface area contributed by atoms with E-state index in [9.17, 15) is 9.18 Å². The molecule has 1 fully saturated rings. The first-order valence-corrected chi connectivity index (χ1v) is 5.38. The number of nitrogens with two attached hydrogens (primary N) is 1. The summed E-state index contributed by atoms with van der Waals surface area (Å²) in [4.78, 5) is 13.5. The quantitative estimate of drug-likeness (QED) is 0.794. The second-order valence-corrected chi connectivity index (χ2v) is 4.37. The topological polar surface area (TPSA) is 46.3 Å². The SMILES string of the molecule is CN(CC1CC1)C(=O)c1ccc(N)cc1F. The highest BCUT2D eigenvalue weighted by Gasteiger charge is 2.26. The Balaban J connectivity index is 2.12. The van der Waals surface area contributed by atoms with Crippen LogP contribution >= 0.6 is 0 Å². The molecule has 86 valence electrons. The minimum Gasteiger partial charge on any atom is -0.399 e. The van der Waals surface area contributed by atoms with Gasteiger partial charge in [0.15, 0.2) is 0 Å². The standard InChI is InChI=1S/C12H15FN2O/c1-15(7-8-2-3-8)12(16)10-5-4-9(14)6-11(10)13/h4-6,8H,2-3,7,14H2,1H3. The van der Waals surface area contributed by atoms with Gasteiger partial charge in [-0.3, -0.25) is 4.79 Å². The van der Waals surface area contributed by atoms with E-state index >= 15 is 0 Å². The van der Waals surface area contributed by atoms with Crippen LogP contribution < -0.4 is 5.73 Å². The highest BCUT2D eigenvalue weighted by atomic mass is 19.1. The Labute approximate surface area is 94.0 Å². The summed E-state index contributed by atoms with van der Waals surface area (Å²) in [6.07, 6.45) is 2.34. The number of benzene rings is 1. The number of amides is 1. The third-order valence-electron chi connectivity index (χ3n) is 2.80. The second-order valence-electron chi connectivity index (χ2n) is 4.37. The van der Waals surface area contributed by atoms with E-state index in [0.29, 0.717) is 18.2 Å². The van der Waals surface area contributed by atoms with Crippen LogP contribution in [0.3, 0.4) is 0 Å². The molecule has 0 aliphatic heterocycles. The molecule has 0 atom stereocenters. The Morgan fingerprint density at radius 1 is 1.56 bits per heavy atom. The zero-order valence-electron chi connectivity index (χ0n) is 9.24. The summed E-state index contributed by atoms with van der Waals surface area (Å²) >= 11 is 0. The van der Waals surface area contributed by atoms with Gasteiger partial charge in [-0.2, -0.15) is 0 Å². The molecule has 0 unspecified atom stereocenters. The van der Waals surface area contributed by atoms with Crippen molar-refractivity contribution in [2.24, 2.45) is 5.92 Å². The fourth-order valence-electron chi connectivity index (χ4n) is 1.68. The molecule has 0 saturated heterocycles. The van der Waals surface area contributed by atoms with Crippen LogP contribution in [0.15, 0.2) is 18.2 Å². The molecule has 1 aromatic carbocycles. The van der Waals surface area contributed by atoms with Gasteiger partial charge in [0, 0.05) is 19.3 Å². The summed E-state index contributed by atoms with van der Waals surface area (Å²) in [6.45, 7) is 0.711. The monoisotopic (exact) mass is 222 g/mol. The summed E-state index contributed by atoms with van der Waals surface area (Å²) in [6, 6.07) is 4.16. The van der Waals surface area contributed by atoms with Crippen LogP contribution in [-0.2, 0) is 0 Å². The van der Waals surface area contributed by atoms with Gasteiger partial charge < -0.3 is 10.6 Å². The van der Waals surface area contributed by atoms with Gasteiger partial charge in [0.2, 0.25) is 0 Å². The van der Waals surface area contributed by atoms with E-state index in [4.69, 9.17) is 5.73 Å². The summed E-state index contributed by atoms with van der Waals surface area (Å²) in [5.41, 5.74) is 5.86. The fraction of sp³-hybridized carbons (Fsp3) is 0.417. The minimum absolute atomic E-state index is 0.0948. The van der Waals surface area contributed by atoms with Crippen LogP contribution in [0.4, 0.5) is 10.1 Å². The van der Waals surface area contributed by atoms with Gasteiger partial charge in [0.25, 0.3) is 5.91 Å². The van der Waals surface area contributed by atoms with Crippen LogP contribution in [0.1, 0.15) is 23.2 Å². The van der Waals surface area contributed by atoms with Crippen molar-refractivity contribution < 1.29 is 9.18 Å². The number of rotatable bonds is 3. The molecule has 4 heteroatoms. The summed E-state index contributed by atoms with van der Waals surface area (Å²) < 4.78 is 13.5. The van der Waals surface area contributed by atoms with Gasteiger partial charge in [-0.15, -0.1) is 0 Å². The van der Waals surface area contributed by atoms with Gasteiger partial charge in [-0.25, -0.2) is 4.39 Å². The van der Waals surface area contributed by atoms with Crippen molar-refractivity contribution in [3.63, 3.8) is 0 Å². The summed E-state index contributed by atoms with van der Waals surface area (Å²) in [7, 11) is 1.70. The molecule has 3 nitrogen and oxygen atoms in total. The van der Waals surface area contributed by atoms with Gasteiger partial charge >= 0.3 is 0 Å². The van der Waals surface area contributed by atoms with Crippen molar-refractivity contribution in [2.75, 3.05) is 19.3 Å². The smallest absolute Gasteiger partial charge is 0.256 e. The molecule has 2 N–H and O–H groups in total. The molecular weight excluding hydrogens is 207 g/mol. The van der Waals surface area contributed by atoms with Crippen LogP contribution in [0, 0.1) is 11.7 Å². The summed E-state index contributed by atoms with van der Waals surface area (Å²) in [5.74, 6) is -0.220. The Morgan fingerprint density at radius 3 is 2.81 bits per heavy atom. The van der Waals surface area contributed by atoms with E-state index in [0.717, 1.165) is 0 Å². The van der Waals surface area contributed by atoms with Gasteiger partial charge in [0.05, 0.1) is 5.56 Å². The molecule has 2 rings (SSSR count). The lowest BCUT2D eigenvalue weighted by Crippen LogP contribution is -2.29. The van der Waals surface area contributed by atoms with Crippen LogP contribution in [0.5, 0.6) is 0 Å². The lowest BCUT2D eigenvalue weighted by atomic mass is 10.1. The zero-order chi connectivity index (χ0) is 11.7. The molecule has 1 aliphatic rings. The largest absolute Gasteiger partial charge is 0.399 e. The third kappa shape index (κ3) is 2.32. The Morgan fingerprint density at radius 2 is 2.25 bits per heavy atom. The van der Waals surface area contributed by atoms with E-state index < -0.39 is 5.82 Å². The maximum Gasteiger partial charge on any atom is 0.256 e. The van der Waals surface area contributed by atoms with Gasteiger partial charge in [0.1, 0.15) is 5.82 Å². The molecular formula is C12H15FN2O. The van der Waals surface area contributed by atoms with Gasteiger partial charge in [-0.1, -0.05) is 0 Å². The number of carbonyl (C=O) groups excluding carboxylic acids is 1. The Kier molecular flexibility index (Phi) is 2.81. The van der Waals surface area contributed by atoms with Gasteiger partial charge in [-0.05, 0) is 37.0 Å². The lowest BCUT2D eigenvalue weighted by Gasteiger charge is -2.17. The zero-order valence-corrected chi connectivity index (χ0v) is 9.24. The number of anilines is 1. The molecule has 1 amide bonds. The average Bonchev–Trinajstić information content (AvgIpc) is 3.00. The van der Waals surface area contributed by atoms with E-state index in [1.165, 1.54) is 25.0 Å². The van der Waals surface area contributed by atoms with E-state index in [1.54, 1.807) is 18.0 Å². The molecule has 1 aromatic rings. The van der Waals surface area contributed by atoms with Crippen molar-refractivity contribution in [1.29, 1.82) is 0 Å². The molecule has 0 bridgehead atoms. The minimum atomic E-state index is -0.548. The Hall–Kier alpha value is -1.58. The molecule has 0 aromatic heterocycles. The van der Waals surface area contributed by atoms with Crippen molar-refractivity contribution in [2.45, 2.75) is 12.8 Å². The molecule has 0 radical (unpaired) electrons. The van der Waals surface area contributed by atoms with E-state index in [2.05, 4.69) is 0 Å². The fourth-order valence-corrected chi connectivity index (χ4v) is 1.68. The maximum atomic E-state index is 13.5. The highest BCUT2D eigenvalue weighted by molar-refractivity contribution is 5.94. The third-order valence-corrected chi connectivity index (χ3v) is 2.80. The van der Waals surface area contributed by atoms with E-state index in [1.807, 2.05) is 0 Å². The first-order valence-electron chi connectivity index (χ1n) is 5.38. The maximum absolute atomic E-state index is 13.5. The molecule has 0 spiro atoms. The van der Waals surface area contributed by atoms with Crippen LogP contribution in [-0.4, -0.2) is 24.4 Å². The van der Waals surface area contributed by atoms with Crippen LogP contribution in [0.2, 0.25) is 0 Å². The van der Waals surface area contributed by atoms with E-state index in [-0.39, 0.29) is 11.5 Å².